The van der Waals surface area contributed by atoms with Crippen LogP contribution in [0.4, 0.5) is 0 Å². The molecule has 7 heteroatoms. The second-order valence-corrected chi connectivity index (χ2v) is 9.18. The molecular weight excluding hydrogens is 444 g/mol. The average Bonchev–Trinajstić information content (AvgIpc) is 2.88. The Hall–Kier alpha value is -3.74. The smallest absolute Gasteiger partial charge is 0.345 e. The highest BCUT2D eigenvalue weighted by Crippen LogP contribution is 2.45. The van der Waals surface area contributed by atoms with Gasteiger partial charge in [-0.2, -0.15) is 0 Å². The number of benzene rings is 1. The minimum absolute atomic E-state index is 0.319. The lowest BCUT2D eigenvalue weighted by Crippen LogP contribution is -2.37. The SMILES string of the molecule is Cc1c(C)c2c(c(C)c1OC(=O)c1cccnc1)CCC(C)(CCCOC(=O)c1cccnc1)O2. The van der Waals surface area contributed by atoms with Crippen molar-refractivity contribution in [2.75, 3.05) is 6.61 Å². The molecule has 0 saturated carbocycles. The topological polar surface area (TPSA) is 87.6 Å². The van der Waals surface area contributed by atoms with Crippen molar-refractivity contribution < 1.29 is 23.8 Å². The number of nitrogens with zero attached hydrogens (tertiary/aromatic N) is 2. The van der Waals surface area contributed by atoms with Crippen LogP contribution in [-0.4, -0.2) is 34.1 Å². The summed E-state index contributed by atoms with van der Waals surface area (Å²) in [6.45, 7) is 8.33. The zero-order valence-corrected chi connectivity index (χ0v) is 20.6. The van der Waals surface area contributed by atoms with Crippen molar-refractivity contribution in [3.63, 3.8) is 0 Å². The van der Waals surface area contributed by atoms with Crippen molar-refractivity contribution in [3.05, 3.63) is 82.4 Å². The van der Waals surface area contributed by atoms with Crippen LogP contribution in [0.1, 0.15) is 69.2 Å². The summed E-state index contributed by atoms with van der Waals surface area (Å²) in [4.78, 5) is 32.7. The Labute approximate surface area is 205 Å². The van der Waals surface area contributed by atoms with E-state index in [4.69, 9.17) is 14.2 Å². The highest BCUT2D eigenvalue weighted by molar-refractivity contribution is 5.91. The highest BCUT2D eigenvalue weighted by Gasteiger charge is 2.35. The quantitative estimate of drug-likeness (QED) is 0.259. The highest BCUT2D eigenvalue weighted by atomic mass is 16.5. The molecule has 4 rings (SSSR count). The van der Waals surface area contributed by atoms with Gasteiger partial charge in [0.05, 0.1) is 17.7 Å². The molecule has 3 heterocycles. The molecule has 0 aliphatic carbocycles. The normalized spacial score (nSPS) is 16.7. The van der Waals surface area contributed by atoms with Crippen molar-refractivity contribution in [3.8, 4) is 11.5 Å². The second kappa shape index (κ2) is 10.3. The van der Waals surface area contributed by atoms with E-state index < -0.39 is 5.97 Å². The first-order chi connectivity index (χ1) is 16.8. The Morgan fingerprint density at radius 2 is 1.63 bits per heavy atom. The van der Waals surface area contributed by atoms with Crippen molar-refractivity contribution in [2.24, 2.45) is 0 Å². The first kappa shape index (κ1) is 24.4. The van der Waals surface area contributed by atoms with Crippen LogP contribution >= 0.6 is 0 Å². The zero-order chi connectivity index (χ0) is 25.0. The minimum Gasteiger partial charge on any atom is -0.487 e. The number of rotatable bonds is 7. The molecule has 0 N–H and O–H groups in total. The van der Waals surface area contributed by atoms with Crippen LogP contribution in [0.25, 0.3) is 0 Å². The molecule has 1 aliphatic rings. The molecule has 3 aromatic rings. The first-order valence-corrected chi connectivity index (χ1v) is 11.8. The zero-order valence-electron chi connectivity index (χ0n) is 20.6. The molecule has 1 aromatic carbocycles. The van der Waals surface area contributed by atoms with Gasteiger partial charge < -0.3 is 14.2 Å². The summed E-state index contributed by atoms with van der Waals surface area (Å²) in [6, 6.07) is 6.80. The summed E-state index contributed by atoms with van der Waals surface area (Å²) in [5, 5.41) is 0. The third kappa shape index (κ3) is 5.34. The maximum Gasteiger partial charge on any atom is 0.345 e. The van der Waals surface area contributed by atoms with Gasteiger partial charge in [-0.1, -0.05) is 0 Å². The maximum absolute atomic E-state index is 12.7. The third-order valence-corrected chi connectivity index (χ3v) is 6.64. The Morgan fingerprint density at radius 3 is 2.26 bits per heavy atom. The Balaban J connectivity index is 1.43. The van der Waals surface area contributed by atoms with Gasteiger partial charge in [0.15, 0.2) is 0 Å². The number of hydrogen-bond donors (Lipinski definition) is 0. The number of hydrogen-bond acceptors (Lipinski definition) is 7. The van der Waals surface area contributed by atoms with Gasteiger partial charge >= 0.3 is 11.9 Å². The van der Waals surface area contributed by atoms with Gasteiger partial charge in [0.2, 0.25) is 0 Å². The van der Waals surface area contributed by atoms with Gasteiger partial charge in [0.25, 0.3) is 0 Å². The fourth-order valence-corrected chi connectivity index (χ4v) is 4.42. The second-order valence-electron chi connectivity index (χ2n) is 9.18. The van der Waals surface area contributed by atoms with Crippen LogP contribution in [0.5, 0.6) is 11.5 Å². The number of carbonyl (C=O) groups excluding carboxylic acids is 2. The van der Waals surface area contributed by atoms with E-state index in [-0.39, 0.29) is 11.6 Å². The number of esters is 2. The maximum atomic E-state index is 12.7. The molecule has 0 radical (unpaired) electrons. The van der Waals surface area contributed by atoms with Gasteiger partial charge in [0, 0.05) is 30.4 Å². The lowest BCUT2D eigenvalue weighted by Gasteiger charge is -2.38. The van der Waals surface area contributed by atoms with Gasteiger partial charge in [-0.15, -0.1) is 0 Å². The van der Waals surface area contributed by atoms with E-state index in [9.17, 15) is 9.59 Å². The van der Waals surface area contributed by atoms with Gasteiger partial charge in [-0.05, 0) is 94.3 Å². The third-order valence-electron chi connectivity index (χ3n) is 6.64. The lowest BCUT2D eigenvalue weighted by molar-refractivity contribution is 0.0332. The van der Waals surface area contributed by atoms with E-state index in [1.54, 1.807) is 36.7 Å². The summed E-state index contributed by atoms with van der Waals surface area (Å²) in [5.41, 5.74) is 4.33. The van der Waals surface area contributed by atoms with Gasteiger partial charge in [0.1, 0.15) is 17.1 Å². The fraction of sp³-hybridized carbons (Fsp3) is 0.357. The standard InChI is InChI=1S/C28H30N2O5/c1-18-19(2)25-23(20(3)24(18)34-27(32)22-9-6-14-30-17-22)10-12-28(4,35-25)11-7-15-33-26(31)21-8-5-13-29-16-21/h5-6,8-9,13-14,16-17H,7,10-12,15H2,1-4H3. The summed E-state index contributed by atoms with van der Waals surface area (Å²) in [7, 11) is 0. The van der Waals surface area contributed by atoms with Crippen LogP contribution < -0.4 is 9.47 Å². The fourth-order valence-electron chi connectivity index (χ4n) is 4.42. The first-order valence-electron chi connectivity index (χ1n) is 11.8. The number of pyridine rings is 2. The Morgan fingerprint density at radius 1 is 0.971 bits per heavy atom. The molecule has 2 aromatic heterocycles. The molecular formula is C28H30N2O5. The molecule has 1 unspecified atom stereocenters. The molecule has 0 bridgehead atoms. The average molecular weight is 475 g/mol. The van der Waals surface area contributed by atoms with E-state index in [1.165, 1.54) is 12.4 Å². The molecule has 35 heavy (non-hydrogen) atoms. The van der Waals surface area contributed by atoms with E-state index >= 15 is 0 Å². The monoisotopic (exact) mass is 474 g/mol. The van der Waals surface area contributed by atoms with Crippen LogP contribution in [-0.2, 0) is 11.2 Å². The molecule has 7 nitrogen and oxygen atoms in total. The van der Waals surface area contributed by atoms with E-state index in [0.29, 0.717) is 29.9 Å². The van der Waals surface area contributed by atoms with Crippen LogP contribution in [0.2, 0.25) is 0 Å². The minimum atomic E-state index is -0.425. The predicted octanol–water partition coefficient (Wildman–Crippen LogP) is 5.34. The summed E-state index contributed by atoms with van der Waals surface area (Å²) in [5.74, 6) is 0.659. The van der Waals surface area contributed by atoms with Crippen molar-refractivity contribution >= 4 is 11.9 Å². The van der Waals surface area contributed by atoms with Gasteiger partial charge in [-0.3, -0.25) is 9.97 Å². The van der Waals surface area contributed by atoms with E-state index in [0.717, 1.165) is 47.3 Å². The van der Waals surface area contributed by atoms with Crippen LogP contribution in [0.3, 0.4) is 0 Å². The molecule has 1 aliphatic heterocycles. The molecule has 182 valence electrons. The summed E-state index contributed by atoms with van der Waals surface area (Å²) < 4.78 is 17.8. The van der Waals surface area contributed by atoms with E-state index in [1.807, 2.05) is 20.8 Å². The predicted molar refractivity (Wildman–Crippen MR) is 131 cm³/mol. The Bertz CT molecular complexity index is 1230. The molecule has 1 atom stereocenters. The number of carbonyl (C=O) groups is 2. The molecule has 0 fully saturated rings. The van der Waals surface area contributed by atoms with Crippen molar-refractivity contribution in [1.29, 1.82) is 0 Å². The molecule has 0 spiro atoms. The Kier molecular flexibility index (Phi) is 7.15. The number of aromatic nitrogens is 2. The summed E-state index contributed by atoms with van der Waals surface area (Å²) in [6.07, 6.45) is 9.31. The van der Waals surface area contributed by atoms with E-state index in [2.05, 4.69) is 16.9 Å². The lowest BCUT2D eigenvalue weighted by atomic mass is 9.85. The van der Waals surface area contributed by atoms with Crippen LogP contribution in [0.15, 0.2) is 49.1 Å². The molecule has 0 saturated heterocycles. The molecule has 0 amide bonds. The van der Waals surface area contributed by atoms with Crippen LogP contribution in [0, 0.1) is 20.8 Å². The largest absolute Gasteiger partial charge is 0.487 e. The van der Waals surface area contributed by atoms with Crippen molar-refractivity contribution in [1.82, 2.24) is 9.97 Å². The number of fused-ring (bicyclic) bond motifs is 1. The van der Waals surface area contributed by atoms with Crippen molar-refractivity contribution in [2.45, 2.75) is 59.0 Å². The van der Waals surface area contributed by atoms with Gasteiger partial charge in [-0.25, -0.2) is 9.59 Å². The number of ether oxygens (including phenoxy) is 3. The summed E-state index contributed by atoms with van der Waals surface area (Å²) >= 11 is 0.